The topological polar surface area (TPSA) is 56.3 Å². The van der Waals surface area contributed by atoms with Crippen LogP contribution in [0.4, 0.5) is 0 Å². The van der Waals surface area contributed by atoms with Crippen LogP contribution in [0.5, 0.6) is 0 Å². The summed E-state index contributed by atoms with van der Waals surface area (Å²) in [4.78, 5) is 17.7. The van der Waals surface area contributed by atoms with Crippen molar-refractivity contribution in [3.8, 4) is 0 Å². The lowest BCUT2D eigenvalue weighted by Crippen LogP contribution is -2.39. The number of hydrogen-bond donors (Lipinski definition) is 2. The maximum atomic E-state index is 12.8. The number of likely N-dealkylation sites (tertiary alicyclic amines) is 1. The molecule has 2 aromatic rings. The number of aliphatic hydroxyl groups excluding tert-OH is 1. The first-order valence-electron chi connectivity index (χ1n) is 6.91. The van der Waals surface area contributed by atoms with Gasteiger partial charge in [0.2, 0.25) is 0 Å². The molecule has 2 N–H and O–H groups in total. The summed E-state index contributed by atoms with van der Waals surface area (Å²) in [5.74, 6) is 0.323. The third kappa shape index (κ3) is 2.53. The highest BCUT2D eigenvalue weighted by molar-refractivity contribution is 9.13. The average molecular weight is 416 g/mol. The molecular formula is C15H16Br2N2O2. The Morgan fingerprint density at radius 2 is 2.14 bits per heavy atom. The van der Waals surface area contributed by atoms with E-state index in [4.69, 9.17) is 0 Å². The van der Waals surface area contributed by atoms with Gasteiger partial charge in [-0.2, -0.15) is 0 Å². The molecule has 1 fully saturated rings. The Morgan fingerprint density at radius 1 is 1.43 bits per heavy atom. The highest BCUT2D eigenvalue weighted by atomic mass is 79.9. The van der Waals surface area contributed by atoms with Crippen LogP contribution in [-0.4, -0.2) is 40.1 Å². The number of carbonyl (C=O) groups is 1. The summed E-state index contributed by atoms with van der Waals surface area (Å²) in [5, 5.41) is 10.4. The standard InChI is InChI=1S/C15H16Br2N2O2/c1-8-2-3-19(14(8)7-20)15(21)10-6-18-13-5-12(17)11(16)4-9(10)13/h4-6,8,14,18,20H,2-3,7H2,1H3. The molecule has 1 aromatic heterocycles. The molecule has 0 spiro atoms. The zero-order chi connectivity index (χ0) is 15.1. The van der Waals surface area contributed by atoms with Crippen LogP contribution in [0.15, 0.2) is 27.3 Å². The summed E-state index contributed by atoms with van der Waals surface area (Å²) in [6.45, 7) is 2.80. The van der Waals surface area contributed by atoms with E-state index in [2.05, 4.69) is 43.8 Å². The fourth-order valence-corrected chi connectivity index (χ4v) is 3.67. The van der Waals surface area contributed by atoms with E-state index in [1.807, 2.05) is 12.1 Å². The van der Waals surface area contributed by atoms with Crippen LogP contribution in [0.25, 0.3) is 10.9 Å². The first kappa shape index (κ1) is 15.1. The van der Waals surface area contributed by atoms with E-state index in [1.54, 1.807) is 11.1 Å². The minimum atomic E-state index is -0.0821. The number of rotatable bonds is 2. The summed E-state index contributed by atoms with van der Waals surface area (Å²) >= 11 is 6.94. The second-order valence-electron chi connectivity index (χ2n) is 5.53. The van der Waals surface area contributed by atoms with Crippen LogP contribution < -0.4 is 0 Å². The van der Waals surface area contributed by atoms with Gasteiger partial charge in [-0.3, -0.25) is 4.79 Å². The quantitative estimate of drug-likeness (QED) is 0.788. The summed E-state index contributed by atoms with van der Waals surface area (Å²) in [6, 6.07) is 3.81. The number of halogens is 2. The predicted molar refractivity (Wildman–Crippen MR) is 89.4 cm³/mol. The van der Waals surface area contributed by atoms with Crippen molar-refractivity contribution in [2.24, 2.45) is 5.92 Å². The molecule has 0 saturated carbocycles. The first-order valence-corrected chi connectivity index (χ1v) is 8.49. The smallest absolute Gasteiger partial charge is 0.256 e. The lowest BCUT2D eigenvalue weighted by atomic mass is 10.0. The number of amides is 1. The molecule has 4 nitrogen and oxygen atoms in total. The highest BCUT2D eigenvalue weighted by Crippen LogP contribution is 2.32. The van der Waals surface area contributed by atoms with Crippen molar-refractivity contribution in [2.45, 2.75) is 19.4 Å². The van der Waals surface area contributed by atoms with Gasteiger partial charge in [-0.15, -0.1) is 0 Å². The average Bonchev–Trinajstić information content (AvgIpc) is 3.02. The Kier molecular flexibility index (Phi) is 4.12. The predicted octanol–water partition coefficient (Wildman–Crippen LogP) is 3.54. The lowest BCUT2D eigenvalue weighted by Gasteiger charge is -2.25. The number of hydrogen-bond acceptors (Lipinski definition) is 2. The van der Waals surface area contributed by atoms with Crippen molar-refractivity contribution in [1.29, 1.82) is 0 Å². The summed E-state index contributed by atoms with van der Waals surface area (Å²) in [7, 11) is 0. The van der Waals surface area contributed by atoms with E-state index in [9.17, 15) is 9.90 Å². The summed E-state index contributed by atoms with van der Waals surface area (Å²) < 4.78 is 1.86. The number of carbonyl (C=O) groups excluding carboxylic acids is 1. The van der Waals surface area contributed by atoms with E-state index in [0.717, 1.165) is 26.3 Å². The van der Waals surface area contributed by atoms with Crippen LogP contribution in [0.2, 0.25) is 0 Å². The van der Waals surface area contributed by atoms with Gasteiger partial charge in [0.25, 0.3) is 5.91 Å². The van der Waals surface area contributed by atoms with E-state index in [0.29, 0.717) is 18.0 Å². The molecule has 1 amide bonds. The molecule has 1 aliphatic rings. The van der Waals surface area contributed by atoms with Gasteiger partial charge in [-0.05, 0) is 56.3 Å². The van der Waals surface area contributed by atoms with Crippen LogP contribution in [0.1, 0.15) is 23.7 Å². The maximum absolute atomic E-state index is 12.8. The molecule has 112 valence electrons. The van der Waals surface area contributed by atoms with Crippen LogP contribution >= 0.6 is 31.9 Å². The number of fused-ring (bicyclic) bond motifs is 1. The van der Waals surface area contributed by atoms with Gasteiger partial charge < -0.3 is 15.0 Å². The van der Waals surface area contributed by atoms with Gasteiger partial charge in [0, 0.05) is 32.6 Å². The molecule has 3 rings (SSSR count). The van der Waals surface area contributed by atoms with E-state index >= 15 is 0 Å². The molecule has 1 aromatic carbocycles. The monoisotopic (exact) mass is 414 g/mol. The van der Waals surface area contributed by atoms with E-state index in [1.165, 1.54) is 0 Å². The molecule has 1 saturated heterocycles. The molecule has 2 heterocycles. The minimum Gasteiger partial charge on any atom is -0.394 e. The highest BCUT2D eigenvalue weighted by Gasteiger charge is 2.35. The SMILES string of the molecule is CC1CCN(C(=O)c2c[nH]c3cc(Br)c(Br)cc23)C1CO. The van der Waals surface area contributed by atoms with Gasteiger partial charge in [0.1, 0.15) is 0 Å². The minimum absolute atomic E-state index is 0.0149. The number of aromatic nitrogens is 1. The zero-order valence-corrected chi connectivity index (χ0v) is 14.7. The normalized spacial score (nSPS) is 22.2. The van der Waals surface area contributed by atoms with E-state index < -0.39 is 0 Å². The zero-order valence-electron chi connectivity index (χ0n) is 11.6. The van der Waals surface area contributed by atoms with Gasteiger partial charge in [-0.1, -0.05) is 6.92 Å². The van der Waals surface area contributed by atoms with Gasteiger partial charge in [-0.25, -0.2) is 0 Å². The van der Waals surface area contributed by atoms with Crippen LogP contribution in [0, 0.1) is 5.92 Å². The number of aromatic amines is 1. The van der Waals surface area contributed by atoms with E-state index in [-0.39, 0.29) is 18.6 Å². The van der Waals surface area contributed by atoms with Crippen LogP contribution in [-0.2, 0) is 0 Å². The summed E-state index contributed by atoms with van der Waals surface area (Å²) in [5.41, 5.74) is 1.58. The molecule has 6 heteroatoms. The lowest BCUT2D eigenvalue weighted by molar-refractivity contribution is 0.0650. The molecule has 0 bridgehead atoms. The Hall–Kier alpha value is -0.850. The molecule has 1 aliphatic heterocycles. The van der Waals surface area contributed by atoms with Gasteiger partial charge in [0.15, 0.2) is 0 Å². The van der Waals surface area contributed by atoms with Crippen molar-refractivity contribution >= 4 is 48.7 Å². The van der Waals surface area contributed by atoms with Crippen molar-refractivity contribution in [2.75, 3.05) is 13.2 Å². The van der Waals surface area contributed by atoms with Gasteiger partial charge >= 0.3 is 0 Å². The van der Waals surface area contributed by atoms with Crippen molar-refractivity contribution in [3.63, 3.8) is 0 Å². The first-order chi connectivity index (χ1) is 10.0. The second-order valence-corrected chi connectivity index (χ2v) is 7.24. The maximum Gasteiger partial charge on any atom is 0.256 e. The Bertz CT molecular complexity index is 698. The number of benzene rings is 1. The molecule has 2 unspecified atom stereocenters. The number of H-pyrrole nitrogens is 1. The van der Waals surface area contributed by atoms with Crippen LogP contribution in [0.3, 0.4) is 0 Å². The van der Waals surface area contributed by atoms with Gasteiger partial charge in [0.05, 0.1) is 18.2 Å². The molecule has 0 radical (unpaired) electrons. The number of nitrogens with zero attached hydrogens (tertiary/aromatic N) is 1. The fraction of sp³-hybridized carbons (Fsp3) is 0.400. The third-order valence-corrected chi connectivity index (χ3v) is 6.13. The number of nitrogens with one attached hydrogen (secondary N) is 1. The molecule has 0 aliphatic carbocycles. The number of aliphatic hydroxyl groups is 1. The summed E-state index contributed by atoms with van der Waals surface area (Å²) in [6.07, 6.45) is 2.69. The fourth-order valence-electron chi connectivity index (χ4n) is 2.99. The van der Waals surface area contributed by atoms with Crippen molar-refractivity contribution in [3.05, 3.63) is 32.8 Å². The Labute approximate surface area is 139 Å². The van der Waals surface area contributed by atoms with Crippen molar-refractivity contribution < 1.29 is 9.90 Å². The molecular weight excluding hydrogens is 400 g/mol. The molecule has 21 heavy (non-hydrogen) atoms. The Morgan fingerprint density at radius 3 is 2.86 bits per heavy atom. The molecule has 2 atom stereocenters. The second kappa shape index (κ2) is 5.74. The Balaban J connectivity index is 2.00. The van der Waals surface area contributed by atoms with Crippen molar-refractivity contribution in [1.82, 2.24) is 9.88 Å². The largest absolute Gasteiger partial charge is 0.394 e. The third-order valence-electron chi connectivity index (χ3n) is 4.28.